The highest BCUT2D eigenvalue weighted by molar-refractivity contribution is 7.87. The molecule has 2 N–H and O–H groups in total. The lowest BCUT2D eigenvalue weighted by Gasteiger charge is -2.04. The molecule has 0 atom stereocenters. The molecular weight excluding hydrogens is 278 g/mol. The van der Waals surface area contributed by atoms with Crippen LogP contribution in [0.25, 0.3) is 0 Å². The molecule has 0 aromatic carbocycles. The average Bonchev–Trinajstić information content (AvgIpc) is 2.36. The fourth-order valence-electron chi connectivity index (χ4n) is 1.95. The van der Waals surface area contributed by atoms with E-state index in [1.165, 1.54) is 38.5 Å². The maximum Gasteiger partial charge on any atom is 0.322 e. The van der Waals surface area contributed by atoms with Crippen molar-refractivity contribution in [3.05, 3.63) is 0 Å². The maximum atomic E-state index is 11.3. The third-order valence-electron chi connectivity index (χ3n) is 3.07. The molecule has 0 spiro atoms. The second-order valence-corrected chi connectivity index (χ2v) is 6.77. The van der Waals surface area contributed by atoms with Gasteiger partial charge in [0.15, 0.2) is 0 Å². The Morgan fingerprint density at radius 2 is 1.45 bits per heavy atom. The van der Waals surface area contributed by atoms with E-state index in [2.05, 4.69) is 11.1 Å². The molecule has 0 aromatic rings. The van der Waals surface area contributed by atoms with Crippen LogP contribution in [-0.2, 0) is 19.1 Å². The topological polar surface area (TPSA) is 86.5 Å². The Morgan fingerprint density at radius 1 is 0.950 bits per heavy atom. The largest absolute Gasteiger partial charge is 0.346 e. The molecule has 0 saturated carbocycles. The number of unbranched alkanes of at least 4 members (excludes halogenated alkanes) is 8. The molecule has 5 nitrogen and oxygen atoms in total. The van der Waals surface area contributed by atoms with E-state index in [0.29, 0.717) is 6.42 Å². The maximum absolute atomic E-state index is 11.3. The standard InChI is InChI=1S/C14H29NO4S/c1-2-3-4-5-6-7-8-9-10-11-14(16)19-20(17,18)13-12-15/h2-13,15H2,1H3. The molecule has 6 heteroatoms. The van der Waals surface area contributed by atoms with E-state index >= 15 is 0 Å². The van der Waals surface area contributed by atoms with Crippen molar-refractivity contribution in [1.29, 1.82) is 0 Å². The van der Waals surface area contributed by atoms with Gasteiger partial charge in [0.05, 0.1) is 5.75 Å². The summed E-state index contributed by atoms with van der Waals surface area (Å²) in [6, 6.07) is 0. The van der Waals surface area contributed by atoms with Crippen LogP contribution < -0.4 is 5.73 Å². The summed E-state index contributed by atoms with van der Waals surface area (Å²) in [5, 5.41) is 0. The van der Waals surface area contributed by atoms with E-state index in [-0.39, 0.29) is 18.7 Å². The Bertz CT molecular complexity index is 341. The molecule has 0 bridgehead atoms. The molecule has 0 heterocycles. The quantitative estimate of drug-likeness (QED) is 0.417. The summed E-state index contributed by atoms with van der Waals surface area (Å²) < 4.78 is 26.8. The van der Waals surface area contributed by atoms with Crippen LogP contribution in [0, 0.1) is 0 Å². The SMILES string of the molecule is CCCCCCCCCCCC(=O)OS(=O)(=O)CCN. The molecule has 0 saturated heterocycles. The number of nitrogens with two attached hydrogens (primary N) is 1. The summed E-state index contributed by atoms with van der Waals surface area (Å²) in [5.74, 6) is -0.974. The zero-order chi connectivity index (χ0) is 15.3. The number of hydrogen-bond donors (Lipinski definition) is 1. The molecule has 0 unspecified atom stereocenters. The van der Waals surface area contributed by atoms with Crippen LogP contribution in [0.5, 0.6) is 0 Å². The zero-order valence-corrected chi connectivity index (χ0v) is 13.4. The third kappa shape index (κ3) is 12.4. The molecule has 120 valence electrons. The average molecular weight is 307 g/mol. The van der Waals surface area contributed by atoms with Gasteiger partial charge in [-0.3, -0.25) is 4.79 Å². The highest BCUT2D eigenvalue weighted by Gasteiger charge is 2.15. The summed E-state index contributed by atoms with van der Waals surface area (Å²) in [4.78, 5) is 11.3. The van der Waals surface area contributed by atoms with Gasteiger partial charge >= 0.3 is 16.1 Å². The highest BCUT2D eigenvalue weighted by Crippen LogP contribution is 2.11. The van der Waals surface area contributed by atoms with Gasteiger partial charge in [0.2, 0.25) is 0 Å². The van der Waals surface area contributed by atoms with Gasteiger partial charge in [0.25, 0.3) is 0 Å². The predicted molar refractivity (Wildman–Crippen MR) is 80.8 cm³/mol. The highest BCUT2D eigenvalue weighted by atomic mass is 32.2. The second kappa shape index (κ2) is 12.1. The van der Waals surface area contributed by atoms with Gasteiger partial charge in [0.1, 0.15) is 0 Å². The van der Waals surface area contributed by atoms with Gasteiger partial charge in [0, 0.05) is 13.0 Å². The third-order valence-corrected chi connectivity index (χ3v) is 4.25. The predicted octanol–water partition coefficient (Wildman–Crippen LogP) is 2.74. The summed E-state index contributed by atoms with van der Waals surface area (Å²) in [6.45, 7) is 2.17. The molecular formula is C14H29NO4S. The minimum absolute atomic E-state index is 0.0341. The van der Waals surface area contributed by atoms with Crippen molar-refractivity contribution in [3.63, 3.8) is 0 Å². The normalized spacial score (nSPS) is 11.5. The van der Waals surface area contributed by atoms with Crippen molar-refractivity contribution < 1.29 is 17.4 Å². The molecule has 0 radical (unpaired) electrons. The van der Waals surface area contributed by atoms with Crippen molar-refractivity contribution >= 4 is 16.1 Å². The van der Waals surface area contributed by atoms with Gasteiger partial charge in [-0.15, -0.1) is 0 Å². The molecule has 0 amide bonds. The van der Waals surface area contributed by atoms with Gasteiger partial charge in [-0.2, -0.15) is 8.42 Å². The van der Waals surface area contributed by atoms with Crippen molar-refractivity contribution in [3.8, 4) is 0 Å². The van der Waals surface area contributed by atoms with E-state index in [1.54, 1.807) is 0 Å². The van der Waals surface area contributed by atoms with Crippen LogP contribution in [0.1, 0.15) is 71.1 Å². The number of carbonyl (C=O) groups excluding carboxylic acids is 1. The van der Waals surface area contributed by atoms with Crippen LogP contribution in [-0.4, -0.2) is 26.7 Å². The Kier molecular flexibility index (Phi) is 11.8. The molecule has 0 aliphatic heterocycles. The van der Waals surface area contributed by atoms with Crippen molar-refractivity contribution in [2.75, 3.05) is 12.3 Å². The van der Waals surface area contributed by atoms with E-state index in [4.69, 9.17) is 5.73 Å². The van der Waals surface area contributed by atoms with Crippen LogP contribution >= 0.6 is 0 Å². The second-order valence-electron chi connectivity index (χ2n) is 5.08. The summed E-state index contributed by atoms with van der Waals surface area (Å²) in [5.41, 5.74) is 5.12. The Labute approximate surface area is 123 Å². The van der Waals surface area contributed by atoms with E-state index in [9.17, 15) is 13.2 Å². The Balaban J connectivity index is 3.44. The number of hydrogen-bond acceptors (Lipinski definition) is 5. The Hall–Kier alpha value is -0.620. The molecule has 0 aromatic heterocycles. The van der Waals surface area contributed by atoms with Crippen LogP contribution in [0.2, 0.25) is 0 Å². The fraction of sp³-hybridized carbons (Fsp3) is 0.929. The number of rotatable bonds is 13. The zero-order valence-electron chi connectivity index (χ0n) is 12.6. The van der Waals surface area contributed by atoms with Gasteiger partial charge < -0.3 is 9.92 Å². The summed E-state index contributed by atoms with van der Waals surface area (Å²) in [6.07, 6.45) is 10.5. The van der Waals surface area contributed by atoms with Gasteiger partial charge in [-0.05, 0) is 6.42 Å². The van der Waals surface area contributed by atoms with Crippen LogP contribution in [0.3, 0.4) is 0 Å². The fourth-order valence-corrected chi connectivity index (χ4v) is 2.69. The van der Waals surface area contributed by atoms with E-state index in [0.717, 1.165) is 12.8 Å². The summed E-state index contributed by atoms with van der Waals surface area (Å²) in [7, 11) is -3.77. The minimum atomic E-state index is -3.77. The van der Waals surface area contributed by atoms with Crippen LogP contribution in [0.15, 0.2) is 0 Å². The molecule has 20 heavy (non-hydrogen) atoms. The monoisotopic (exact) mass is 307 g/mol. The van der Waals surface area contributed by atoms with Gasteiger partial charge in [-0.25, -0.2) is 0 Å². The lowest BCUT2D eigenvalue weighted by atomic mass is 10.1. The molecule has 0 aliphatic rings. The van der Waals surface area contributed by atoms with Crippen molar-refractivity contribution in [2.24, 2.45) is 5.73 Å². The van der Waals surface area contributed by atoms with Crippen molar-refractivity contribution in [1.82, 2.24) is 0 Å². The van der Waals surface area contributed by atoms with Gasteiger partial charge in [-0.1, -0.05) is 58.3 Å². The molecule has 0 fully saturated rings. The first-order chi connectivity index (χ1) is 9.52. The Morgan fingerprint density at radius 3 is 1.95 bits per heavy atom. The lowest BCUT2D eigenvalue weighted by Crippen LogP contribution is -2.21. The molecule has 0 aliphatic carbocycles. The van der Waals surface area contributed by atoms with Crippen LogP contribution in [0.4, 0.5) is 0 Å². The van der Waals surface area contributed by atoms with Crippen molar-refractivity contribution in [2.45, 2.75) is 71.1 Å². The lowest BCUT2D eigenvalue weighted by molar-refractivity contribution is -0.133. The first kappa shape index (κ1) is 19.4. The first-order valence-corrected chi connectivity index (χ1v) is 9.24. The number of carbonyl (C=O) groups is 1. The minimum Gasteiger partial charge on any atom is -0.346 e. The first-order valence-electron chi connectivity index (χ1n) is 7.67. The van der Waals surface area contributed by atoms with E-state index < -0.39 is 16.1 Å². The van der Waals surface area contributed by atoms with E-state index in [1.807, 2.05) is 0 Å². The summed E-state index contributed by atoms with van der Waals surface area (Å²) >= 11 is 0. The smallest absolute Gasteiger partial charge is 0.322 e. The molecule has 0 rings (SSSR count).